The van der Waals surface area contributed by atoms with Gasteiger partial charge in [-0.25, -0.2) is 0 Å². The molecule has 2 aromatic heterocycles. The fraction of sp³-hybridized carbons (Fsp3) is 0. The fourth-order valence-electron chi connectivity index (χ4n) is 8.11. The Balaban J connectivity index is 1.04. The van der Waals surface area contributed by atoms with Crippen molar-refractivity contribution in [2.75, 3.05) is 0 Å². The molecule has 9 aromatic carbocycles. The van der Waals surface area contributed by atoms with Gasteiger partial charge in [-0.2, -0.15) is 0 Å². The van der Waals surface area contributed by atoms with Crippen LogP contribution in [0, 0.1) is 0 Å². The highest BCUT2D eigenvalue weighted by Crippen LogP contribution is 2.44. The van der Waals surface area contributed by atoms with E-state index in [2.05, 4.69) is 158 Å². The summed E-state index contributed by atoms with van der Waals surface area (Å²) >= 11 is 0. The van der Waals surface area contributed by atoms with Gasteiger partial charge in [-0.15, -0.1) is 0 Å². The van der Waals surface area contributed by atoms with E-state index < -0.39 is 0 Å². The average Bonchev–Trinajstić information content (AvgIpc) is 3.72. The van der Waals surface area contributed by atoms with Crippen molar-refractivity contribution >= 4 is 76.2 Å². The summed E-state index contributed by atoms with van der Waals surface area (Å²) in [5, 5.41) is 11.8. The highest BCUT2D eigenvalue weighted by Gasteiger charge is 2.17. The molecule has 11 aromatic rings. The summed E-state index contributed by atoms with van der Waals surface area (Å²) < 4.78 is 12.6. The maximum Gasteiger partial charge on any atom is 0.136 e. The molecule has 2 heteroatoms. The van der Waals surface area contributed by atoms with Gasteiger partial charge in [0.2, 0.25) is 0 Å². The Kier molecular flexibility index (Phi) is 5.70. The summed E-state index contributed by atoms with van der Waals surface area (Å²) in [4.78, 5) is 0. The zero-order valence-electron chi connectivity index (χ0n) is 27.0. The molecule has 0 bridgehead atoms. The van der Waals surface area contributed by atoms with Gasteiger partial charge in [0.25, 0.3) is 0 Å². The fourth-order valence-corrected chi connectivity index (χ4v) is 8.11. The lowest BCUT2D eigenvalue weighted by atomic mass is 9.86. The van der Waals surface area contributed by atoms with Gasteiger partial charge in [0, 0.05) is 21.5 Å². The smallest absolute Gasteiger partial charge is 0.136 e. The van der Waals surface area contributed by atoms with E-state index in [-0.39, 0.29) is 0 Å². The first-order valence-electron chi connectivity index (χ1n) is 17.1. The van der Waals surface area contributed by atoms with E-state index in [0.29, 0.717) is 0 Å². The van der Waals surface area contributed by atoms with Crippen molar-refractivity contribution in [3.63, 3.8) is 0 Å². The molecule has 0 fully saturated rings. The van der Waals surface area contributed by atoms with Gasteiger partial charge in [0.15, 0.2) is 0 Å². The summed E-state index contributed by atoms with van der Waals surface area (Å²) in [6.45, 7) is 0. The number of benzene rings is 9. The third-order valence-electron chi connectivity index (χ3n) is 10.4. The molecule has 2 heterocycles. The summed E-state index contributed by atoms with van der Waals surface area (Å²) in [5.41, 5.74) is 10.9. The molecule has 2 nitrogen and oxygen atoms in total. The van der Waals surface area contributed by atoms with Crippen LogP contribution in [-0.2, 0) is 0 Å². The minimum Gasteiger partial charge on any atom is -0.456 e. The monoisotopic (exact) mass is 636 g/mol. The molecule has 0 saturated heterocycles. The minimum absolute atomic E-state index is 0.883. The van der Waals surface area contributed by atoms with Gasteiger partial charge < -0.3 is 8.83 Å². The normalized spacial score (nSPS) is 12.0. The Bertz CT molecular complexity index is 3070. The zero-order valence-corrected chi connectivity index (χ0v) is 27.0. The van der Waals surface area contributed by atoms with Crippen LogP contribution in [0.3, 0.4) is 0 Å². The number of fused-ring (bicyclic) bond motifs is 9. The first kappa shape index (κ1) is 27.3. The van der Waals surface area contributed by atoms with Crippen LogP contribution < -0.4 is 0 Å². The van der Waals surface area contributed by atoms with Gasteiger partial charge in [0.05, 0.1) is 0 Å². The SMILES string of the molecule is c1ccc(-c2c3ccccc3c(-c3ccc(-c4ccc5oc6cc7cc8oc9ccccc9c8cc7cc6c5c4)cc3)c3ccccc23)cc1. The van der Waals surface area contributed by atoms with E-state index in [4.69, 9.17) is 8.83 Å². The van der Waals surface area contributed by atoms with E-state index in [1.165, 1.54) is 54.7 Å². The van der Waals surface area contributed by atoms with Crippen LogP contribution in [0.4, 0.5) is 0 Å². The molecule has 11 rings (SSSR count). The van der Waals surface area contributed by atoms with Crippen LogP contribution in [0.5, 0.6) is 0 Å². The van der Waals surface area contributed by atoms with Gasteiger partial charge in [-0.1, -0.05) is 127 Å². The number of hydrogen-bond acceptors (Lipinski definition) is 2. The average molecular weight is 637 g/mol. The lowest BCUT2D eigenvalue weighted by Crippen LogP contribution is -1.90. The van der Waals surface area contributed by atoms with Crippen molar-refractivity contribution in [1.82, 2.24) is 0 Å². The lowest BCUT2D eigenvalue weighted by molar-refractivity contribution is 0.668. The molecule has 0 radical (unpaired) electrons. The summed E-state index contributed by atoms with van der Waals surface area (Å²) in [5.74, 6) is 0. The van der Waals surface area contributed by atoms with Crippen molar-refractivity contribution in [2.24, 2.45) is 0 Å². The molecule has 0 spiro atoms. The molecule has 0 amide bonds. The summed E-state index contributed by atoms with van der Waals surface area (Å²) in [6, 6.07) is 61.0. The molecule has 0 aliphatic rings. The van der Waals surface area contributed by atoms with Crippen molar-refractivity contribution < 1.29 is 8.83 Å². The topological polar surface area (TPSA) is 26.3 Å². The maximum atomic E-state index is 6.39. The summed E-state index contributed by atoms with van der Waals surface area (Å²) in [7, 11) is 0. The number of furan rings is 2. The van der Waals surface area contributed by atoms with E-state index in [1.807, 2.05) is 12.1 Å². The number of rotatable bonds is 3. The van der Waals surface area contributed by atoms with Gasteiger partial charge in [-0.3, -0.25) is 0 Å². The highest BCUT2D eigenvalue weighted by atomic mass is 16.3. The van der Waals surface area contributed by atoms with Gasteiger partial charge >= 0.3 is 0 Å². The molecule has 0 saturated carbocycles. The largest absolute Gasteiger partial charge is 0.456 e. The maximum absolute atomic E-state index is 6.39. The second-order valence-corrected chi connectivity index (χ2v) is 13.2. The molecule has 0 N–H and O–H groups in total. The van der Waals surface area contributed by atoms with E-state index in [0.717, 1.165) is 54.8 Å². The van der Waals surface area contributed by atoms with Crippen LogP contribution in [0.1, 0.15) is 0 Å². The highest BCUT2D eigenvalue weighted by molar-refractivity contribution is 6.21. The predicted octanol–water partition coefficient (Wildman–Crippen LogP) is 13.9. The van der Waals surface area contributed by atoms with Crippen molar-refractivity contribution in [3.8, 4) is 33.4 Å². The Morgan fingerprint density at radius 3 is 1.28 bits per heavy atom. The lowest BCUT2D eigenvalue weighted by Gasteiger charge is -2.18. The van der Waals surface area contributed by atoms with Crippen LogP contribution in [-0.4, -0.2) is 0 Å². The Morgan fingerprint density at radius 2 is 0.660 bits per heavy atom. The Labute approximate surface area is 287 Å². The second-order valence-electron chi connectivity index (χ2n) is 13.2. The first-order valence-corrected chi connectivity index (χ1v) is 17.1. The molecule has 0 aliphatic heterocycles. The quantitative estimate of drug-likeness (QED) is 0.180. The molecule has 50 heavy (non-hydrogen) atoms. The van der Waals surface area contributed by atoms with Gasteiger partial charge in [-0.05, 0) is 108 Å². The van der Waals surface area contributed by atoms with Crippen LogP contribution in [0.25, 0.3) is 110 Å². The van der Waals surface area contributed by atoms with Gasteiger partial charge in [0.1, 0.15) is 22.3 Å². The Hall–Kier alpha value is -6.64. The summed E-state index contributed by atoms with van der Waals surface area (Å²) in [6.07, 6.45) is 0. The zero-order chi connectivity index (χ0) is 32.8. The standard InChI is InChI=1S/C48H28O2/c1-2-10-30(11-3-1)47-36-13-4-6-15-38(36)48(39-16-7-5-14-37(39)47)31-20-18-29(19-21-31)32-22-23-44-41(24-32)42-26-33-25-40-35-12-8-9-17-43(35)49-45(40)27-34(33)28-46(42)50-44/h1-28H. The molecular weight excluding hydrogens is 609 g/mol. The minimum atomic E-state index is 0.883. The Morgan fingerprint density at radius 1 is 0.240 bits per heavy atom. The van der Waals surface area contributed by atoms with Crippen LogP contribution in [0.2, 0.25) is 0 Å². The molecule has 0 aliphatic carbocycles. The van der Waals surface area contributed by atoms with E-state index >= 15 is 0 Å². The van der Waals surface area contributed by atoms with Crippen molar-refractivity contribution in [2.45, 2.75) is 0 Å². The molecule has 232 valence electrons. The molecular formula is C48H28O2. The predicted molar refractivity (Wildman–Crippen MR) is 210 cm³/mol. The number of para-hydroxylation sites is 1. The molecule has 0 atom stereocenters. The third kappa shape index (κ3) is 4.03. The van der Waals surface area contributed by atoms with E-state index in [1.54, 1.807) is 0 Å². The third-order valence-corrected chi connectivity index (χ3v) is 10.4. The number of hydrogen-bond donors (Lipinski definition) is 0. The second kappa shape index (κ2) is 10.4. The van der Waals surface area contributed by atoms with Crippen molar-refractivity contribution in [3.05, 3.63) is 170 Å². The molecule has 0 unspecified atom stereocenters. The van der Waals surface area contributed by atoms with E-state index in [9.17, 15) is 0 Å². The van der Waals surface area contributed by atoms with Crippen LogP contribution >= 0.6 is 0 Å². The van der Waals surface area contributed by atoms with Crippen molar-refractivity contribution in [1.29, 1.82) is 0 Å². The first-order chi connectivity index (χ1) is 24.8. The van der Waals surface area contributed by atoms with Crippen LogP contribution in [0.15, 0.2) is 179 Å².